The molecule has 0 radical (unpaired) electrons. The standard InChI is InChI=1S/C16H24N6O2S/c1-13(9-10-25(3,23)24)20-16(17-2)18-11-15-21-19-12-22(15)14-7-5-4-6-8-14/h4-8,12-13H,9-11H2,1-3H3,(H2,17,18,20). The molecule has 0 saturated carbocycles. The van der Waals surface area contributed by atoms with E-state index in [1.54, 1.807) is 13.4 Å². The molecule has 0 amide bonds. The summed E-state index contributed by atoms with van der Waals surface area (Å²) >= 11 is 0. The molecule has 0 spiro atoms. The van der Waals surface area contributed by atoms with Crippen molar-refractivity contribution >= 4 is 15.8 Å². The molecule has 1 atom stereocenters. The first-order valence-corrected chi connectivity index (χ1v) is 10.0. The van der Waals surface area contributed by atoms with Gasteiger partial charge in [0.15, 0.2) is 11.8 Å². The van der Waals surface area contributed by atoms with Crippen LogP contribution < -0.4 is 10.6 Å². The topological polar surface area (TPSA) is 101 Å². The summed E-state index contributed by atoms with van der Waals surface area (Å²) in [5.74, 6) is 1.47. The highest BCUT2D eigenvalue weighted by molar-refractivity contribution is 7.90. The zero-order valence-corrected chi connectivity index (χ0v) is 15.5. The number of nitrogens with one attached hydrogen (secondary N) is 2. The molecule has 9 heteroatoms. The van der Waals surface area contributed by atoms with Crippen LogP contribution in [-0.4, -0.2) is 54.2 Å². The van der Waals surface area contributed by atoms with E-state index >= 15 is 0 Å². The molecule has 0 fully saturated rings. The summed E-state index contributed by atoms with van der Waals surface area (Å²) in [4.78, 5) is 4.16. The number of hydrogen-bond acceptors (Lipinski definition) is 5. The molecular formula is C16H24N6O2S. The van der Waals surface area contributed by atoms with Crippen molar-refractivity contribution in [2.24, 2.45) is 4.99 Å². The molecule has 0 aliphatic rings. The Morgan fingerprint density at radius 2 is 2.04 bits per heavy atom. The maximum atomic E-state index is 11.3. The molecule has 1 aromatic heterocycles. The molecular weight excluding hydrogens is 340 g/mol. The largest absolute Gasteiger partial charge is 0.354 e. The number of sulfone groups is 1. The molecule has 136 valence electrons. The Morgan fingerprint density at radius 1 is 1.32 bits per heavy atom. The number of aliphatic imine (C=N–C) groups is 1. The van der Waals surface area contributed by atoms with Crippen molar-refractivity contribution in [2.75, 3.05) is 19.1 Å². The minimum absolute atomic E-state index is 0.0204. The molecule has 0 aliphatic heterocycles. The van der Waals surface area contributed by atoms with E-state index in [1.165, 1.54) is 6.26 Å². The fourth-order valence-electron chi connectivity index (χ4n) is 2.24. The summed E-state index contributed by atoms with van der Waals surface area (Å²) in [5, 5.41) is 14.5. The quantitative estimate of drug-likeness (QED) is 0.555. The van der Waals surface area contributed by atoms with E-state index in [1.807, 2.05) is 41.8 Å². The summed E-state index contributed by atoms with van der Waals surface area (Å²) in [7, 11) is -1.30. The van der Waals surface area contributed by atoms with Crippen LogP contribution in [0.15, 0.2) is 41.7 Å². The summed E-state index contributed by atoms with van der Waals surface area (Å²) < 4.78 is 24.4. The van der Waals surface area contributed by atoms with Crippen molar-refractivity contribution in [3.63, 3.8) is 0 Å². The van der Waals surface area contributed by atoms with Crippen LogP contribution in [0.1, 0.15) is 19.2 Å². The van der Waals surface area contributed by atoms with E-state index in [2.05, 4.69) is 25.8 Å². The van der Waals surface area contributed by atoms with Gasteiger partial charge in [-0.25, -0.2) is 8.42 Å². The lowest BCUT2D eigenvalue weighted by molar-refractivity contribution is 0.580. The third-order valence-corrected chi connectivity index (χ3v) is 4.57. The smallest absolute Gasteiger partial charge is 0.191 e. The Balaban J connectivity index is 1.93. The lowest BCUT2D eigenvalue weighted by Crippen LogP contribution is -2.42. The first-order chi connectivity index (χ1) is 11.9. The maximum absolute atomic E-state index is 11.3. The van der Waals surface area contributed by atoms with E-state index in [0.717, 1.165) is 11.5 Å². The van der Waals surface area contributed by atoms with Gasteiger partial charge < -0.3 is 10.6 Å². The van der Waals surface area contributed by atoms with Gasteiger partial charge in [0.25, 0.3) is 0 Å². The fraction of sp³-hybridized carbons (Fsp3) is 0.438. The van der Waals surface area contributed by atoms with Gasteiger partial charge in [0.05, 0.1) is 12.3 Å². The van der Waals surface area contributed by atoms with Gasteiger partial charge in [-0.3, -0.25) is 9.56 Å². The van der Waals surface area contributed by atoms with Crippen molar-refractivity contribution in [3.05, 3.63) is 42.5 Å². The van der Waals surface area contributed by atoms with Crippen LogP contribution in [0.4, 0.5) is 0 Å². The van der Waals surface area contributed by atoms with Crippen molar-refractivity contribution in [3.8, 4) is 5.69 Å². The molecule has 2 N–H and O–H groups in total. The molecule has 0 saturated heterocycles. The van der Waals surface area contributed by atoms with Gasteiger partial charge in [-0.15, -0.1) is 10.2 Å². The number of para-hydroxylation sites is 1. The molecule has 1 heterocycles. The molecule has 1 aromatic carbocycles. The van der Waals surface area contributed by atoms with E-state index in [0.29, 0.717) is 18.9 Å². The average Bonchev–Trinajstić information content (AvgIpc) is 3.05. The molecule has 25 heavy (non-hydrogen) atoms. The van der Waals surface area contributed by atoms with Crippen molar-refractivity contribution in [1.82, 2.24) is 25.4 Å². The van der Waals surface area contributed by atoms with Gasteiger partial charge in [0.2, 0.25) is 0 Å². The van der Waals surface area contributed by atoms with E-state index in [9.17, 15) is 8.42 Å². The van der Waals surface area contributed by atoms with Crippen LogP contribution in [0.25, 0.3) is 5.69 Å². The lowest BCUT2D eigenvalue weighted by atomic mass is 10.3. The second-order valence-electron chi connectivity index (χ2n) is 5.84. The predicted molar refractivity (Wildman–Crippen MR) is 98.5 cm³/mol. The van der Waals surface area contributed by atoms with Crippen molar-refractivity contribution in [2.45, 2.75) is 25.9 Å². The molecule has 0 bridgehead atoms. The number of hydrogen-bond donors (Lipinski definition) is 2. The maximum Gasteiger partial charge on any atom is 0.191 e. The number of aromatic nitrogens is 3. The third-order valence-electron chi connectivity index (χ3n) is 3.60. The SMILES string of the molecule is CN=C(NCc1nncn1-c1ccccc1)NC(C)CCS(C)(=O)=O. The highest BCUT2D eigenvalue weighted by Crippen LogP contribution is 2.08. The minimum atomic E-state index is -2.97. The minimum Gasteiger partial charge on any atom is -0.354 e. The van der Waals surface area contributed by atoms with E-state index in [4.69, 9.17) is 0 Å². The van der Waals surface area contributed by atoms with E-state index in [-0.39, 0.29) is 11.8 Å². The summed E-state index contributed by atoms with van der Waals surface area (Å²) in [6, 6.07) is 9.80. The number of guanidine groups is 1. The van der Waals surface area contributed by atoms with Crippen LogP contribution >= 0.6 is 0 Å². The van der Waals surface area contributed by atoms with Crippen LogP contribution in [0.2, 0.25) is 0 Å². The average molecular weight is 364 g/mol. The summed E-state index contributed by atoms with van der Waals surface area (Å²) in [6.07, 6.45) is 3.42. The zero-order valence-electron chi connectivity index (χ0n) is 14.7. The summed E-state index contributed by atoms with van der Waals surface area (Å²) in [5.41, 5.74) is 0.980. The van der Waals surface area contributed by atoms with Gasteiger partial charge in [0.1, 0.15) is 16.2 Å². The zero-order chi connectivity index (χ0) is 18.3. The molecule has 2 rings (SSSR count). The molecule has 0 aliphatic carbocycles. The van der Waals surface area contributed by atoms with Crippen molar-refractivity contribution in [1.29, 1.82) is 0 Å². The van der Waals surface area contributed by atoms with Gasteiger partial charge >= 0.3 is 0 Å². The Hall–Kier alpha value is -2.42. The molecule has 8 nitrogen and oxygen atoms in total. The molecule has 2 aromatic rings. The Labute approximate surface area is 148 Å². The number of benzene rings is 1. The third kappa shape index (κ3) is 6.18. The second kappa shape index (κ2) is 8.61. The van der Waals surface area contributed by atoms with E-state index < -0.39 is 9.84 Å². The fourth-order valence-corrected chi connectivity index (χ4v) is 3.02. The first-order valence-electron chi connectivity index (χ1n) is 7.98. The number of nitrogens with zero attached hydrogens (tertiary/aromatic N) is 4. The lowest BCUT2D eigenvalue weighted by Gasteiger charge is -2.17. The second-order valence-corrected chi connectivity index (χ2v) is 8.10. The Bertz CT molecular complexity index is 801. The highest BCUT2D eigenvalue weighted by atomic mass is 32.2. The monoisotopic (exact) mass is 364 g/mol. The normalized spacial score (nSPS) is 13.5. The van der Waals surface area contributed by atoms with Crippen LogP contribution in [0.5, 0.6) is 0 Å². The van der Waals surface area contributed by atoms with Crippen LogP contribution in [0.3, 0.4) is 0 Å². The summed E-state index contributed by atoms with van der Waals surface area (Å²) in [6.45, 7) is 2.36. The first kappa shape index (κ1) is 18.9. The predicted octanol–water partition coefficient (Wildman–Crippen LogP) is 0.755. The Morgan fingerprint density at radius 3 is 2.68 bits per heavy atom. The van der Waals surface area contributed by atoms with Gasteiger partial charge in [-0.1, -0.05) is 18.2 Å². The van der Waals surface area contributed by atoms with Gasteiger partial charge in [0, 0.05) is 25.0 Å². The van der Waals surface area contributed by atoms with Gasteiger partial charge in [-0.05, 0) is 25.5 Å². The van der Waals surface area contributed by atoms with Crippen LogP contribution in [-0.2, 0) is 16.4 Å². The Kier molecular flexibility index (Phi) is 6.51. The van der Waals surface area contributed by atoms with Gasteiger partial charge in [-0.2, -0.15) is 0 Å². The highest BCUT2D eigenvalue weighted by Gasteiger charge is 2.11. The van der Waals surface area contributed by atoms with Crippen LogP contribution in [0, 0.1) is 0 Å². The van der Waals surface area contributed by atoms with Crippen molar-refractivity contribution < 1.29 is 8.42 Å². The molecule has 1 unspecified atom stereocenters. The number of rotatable bonds is 7.